The summed E-state index contributed by atoms with van der Waals surface area (Å²) in [5, 5.41) is 2.39. The molecule has 2 heterocycles. The van der Waals surface area contributed by atoms with Crippen molar-refractivity contribution in [1.82, 2.24) is 10.4 Å². The molecule has 0 bridgehead atoms. The molecule has 0 amide bonds. The molecule has 17 heavy (non-hydrogen) atoms. The Hall–Kier alpha value is -0.800. The van der Waals surface area contributed by atoms with Gasteiger partial charge in [-0.05, 0) is 52.7 Å². The Morgan fingerprint density at radius 3 is 2.47 bits per heavy atom. The van der Waals surface area contributed by atoms with Gasteiger partial charge in [0.05, 0.1) is 6.04 Å². The molecule has 0 radical (unpaired) electrons. The summed E-state index contributed by atoms with van der Waals surface area (Å²) < 4.78 is 5.67. The number of hydrogen-bond donors (Lipinski definition) is 1. The fourth-order valence-electron chi connectivity index (χ4n) is 2.65. The molecular weight excluding hydrogens is 212 g/mol. The fourth-order valence-corrected chi connectivity index (χ4v) is 2.65. The monoisotopic (exact) mass is 236 g/mol. The molecule has 1 fully saturated rings. The van der Waals surface area contributed by atoms with Crippen LogP contribution in [-0.2, 0) is 0 Å². The highest BCUT2D eigenvalue weighted by Gasteiger charge is 2.26. The van der Waals surface area contributed by atoms with Gasteiger partial charge in [-0.25, -0.2) is 10.4 Å². The number of nitrogens with zero attached hydrogens (tertiary/aromatic N) is 1. The van der Waals surface area contributed by atoms with Crippen LogP contribution in [0.25, 0.3) is 0 Å². The molecule has 0 aliphatic carbocycles. The van der Waals surface area contributed by atoms with Crippen molar-refractivity contribution in [3.8, 4) is 0 Å². The molecule has 1 N–H and O–H groups in total. The summed E-state index contributed by atoms with van der Waals surface area (Å²) >= 11 is 0. The maximum Gasteiger partial charge on any atom is 0.122 e. The lowest BCUT2D eigenvalue weighted by molar-refractivity contribution is 0.0285. The molecule has 1 aliphatic heterocycles. The van der Waals surface area contributed by atoms with Crippen LogP contribution in [0.4, 0.5) is 0 Å². The van der Waals surface area contributed by atoms with Crippen molar-refractivity contribution in [2.45, 2.75) is 65.1 Å². The molecular formula is C14H24N2O. The van der Waals surface area contributed by atoms with Crippen LogP contribution in [0.2, 0.25) is 0 Å². The topological polar surface area (TPSA) is 28.4 Å². The Morgan fingerprint density at radius 1 is 1.29 bits per heavy atom. The summed E-state index contributed by atoms with van der Waals surface area (Å²) in [6.45, 7) is 8.74. The number of nitrogens with one attached hydrogen (secondary N) is 1. The van der Waals surface area contributed by atoms with Crippen LogP contribution < -0.4 is 5.43 Å². The third-order valence-electron chi connectivity index (χ3n) is 3.72. The normalized spacial score (nSPS) is 28.2. The molecule has 1 saturated heterocycles. The van der Waals surface area contributed by atoms with E-state index < -0.39 is 0 Å². The number of furan rings is 1. The fraction of sp³-hybridized carbons (Fsp3) is 0.714. The molecule has 3 nitrogen and oxygen atoms in total. The van der Waals surface area contributed by atoms with Gasteiger partial charge in [0.1, 0.15) is 11.5 Å². The van der Waals surface area contributed by atoms with Crippen molar-refractivity contribution < 1.29 is 4.42 Å². The van der Waals surface area contributed by atoms with Crippen LogP contribution in [0.15, 0.2) is 16.5 Å². The maximum absolute atomic E-state index is 5.67. The molecule has 96 valence electrons. The van der Waals surface area contributed by atoms with E-state index in [1.165, 1.54) is 19.3 Å². The summed E-state index contributed by atoms with van der Waals surface area (Å²) in [5.74, 6) is 2.00. The Balaban J connectivity index is 1.99. The van der Waals surface area contributed by atoms with Crippen molar-refractivity contribution in [3.63, 3.8) is 0 Å². The zero-order valence-electron chi connectivity index (χ0n) is 11.4. The first kappa shape index (κ1) is 12.7. The van der Waals surface area contributed by atoms with Gasteiger partial charge in [-0.2, -0.15) is 0 Å². The number of rotatable bonds is 3. The van der Waals surface area contributed by atoms with Crippen LogP contribution >= 0.6 is 0 Å². The van der Waals surface area contributed by atoms with Crippen molar-refractivity contribution in [2.24, 2.45) is 0 Å². The number of aryl methyl sites for hydroxylation is 1. The SMILES string of the molecule is Cc1ccc(C(C)NN2C(C)CCCC2C)o1. The molecule has 1 aliphatic rings. The highest BCUT2D eigenvalue weighted by molar-refractivity contribution is 5.08. The molecule has 3 unspecified atom stereocenters. The zero-order chi connectivity index (χ0) is 12.4. The van der Waals surface area contributed by atoms with Gasteiger partial charge < -0.3 is 4.42 Å². The van der Waals surface area contributed by atoms with Crippen LogP contribution in [0.1, 0.15) is 57.6 Å². The van der Waals surface area contributed by atoms with Crippen molar-refractivity contribution >= 4 is 0 Å². The van der Waals surface area contributed by atoms with Gasteiger partial charge >= 0.3 is 0 Å². The first-order valence-electron chi connectivity index (χ1n) is 6.68. The van der Waals surface area contributed by atoms with Crippen LogP contribution in [0, 0.1) is 6.92 Å². The molecule has 1 aromatic rings. The van der Waals surface area contributed by atoms with E-state index in [9.17, 15) is 0 Å². The quantitative estimate of drug-likeness (QED) is 0.871. The lowest BCUT2D eigenvalue weighted by atomic mass is 10.00. The molecule has 1 aromatic heterocycles. The smallest absolute Gasteiger partial charge is 0.122 e. The maximum atomic E-state index is 5.67. The number of hydrogen-bond acceptors (Lipinski definition) is 3. The molecule has 3 heteroatoms. The summed E-state index contributed by atoms with van der Waals surface area (Å²) in [6, 6.07) is 5.55. The first-order valence-corrected chi connectivity index (χ1v) is 6.68. The highest BCUT2D eigenvalue weighted by Crippen LogP contribution is 2.23. The Bertz CT molecular complexity index is 351. The minimum Gasteiger partial charge on any atom is -0.465 e. The van der Waals surface area contributed by atoms with Gasteiger partial charge in [0, 0.05) is 12.1 Å². The summed E-state index contributed by atoms with van der Waals surface area (Å²) in [7, 11) is 0. The van der Waals surface area contributed by atoms with Gasteiger partial charge in [0.15, 0.2) is 0 Å². The number of piperidine rings is 1. The van der Waals surface area contributed by atoms with Gasteiger partial charge in [0.25, 0.3) is 0 Å². The van der Waals surface area contributed by atoms with E-state index in [1.54, 1.807) is 0 Å². The van der Waals surface area contributed by atoms with Crippen molar-refractivity contribution in [2.75, 3.05) is 0 Å². The summed E-state index contributed by atoms with van der Waals surface area (Å²) in [6.07, 6.45) is 3.90. The van der Waals surface area contributed by atoms with Gasteiger partial charge in [0.2, 0.25) is 0 Å². The standard InChI is InChI=1S/C14H24N2O/c1-10-6-5-7-11(2)16(10)15-13(4)14-9-8-12(3)17-14/h8-11,13,15H,5-7H2,1-4H3. The second-order valence-corrected chi connectivity index (χ2v) is 5.34. The third kappa shape index (κ3) is 2.90. The molecule has 0 spiro atoms. The van der Waals surface area contributed by atoms with Gasteiger partial charge in [-0.1, -0.05) is 6.42 Å². The second-order valence-electron chi connectivity index (χ2n) is 5.34. The predicted molar refractivity (Wildman–Crippen MR) is 69.6 cm³/mol. The molecule has 3 atom stereocenters. The van der Waals surface area contributed by atoms with Crippen LogP contribution in [0.3, 0.4) is 0 Å². The Morgan fingerprint density at radius 2 is 1.94 bits per heavy atom. The predicted octanol–water partition coefficient (Wildman–Crippen LogP) is 3.42. The van der Waals surface area contributed by atoms with Gasteiger partial charge in [-0.15, -0.1) is 0 Å². The summed E-state index contributed by atoms with van der Waals surface area (Å²) in [4.78, 5) is 0. The lowest BCUT2D eigenvalue weighted by Crippen LogP contribution is -2.52. The zero-order valence-corrected chi connectivity index (χ0v) is 11.4. The van der Waals surface area contributed by atoms with E-state index >= 15 is 0 Å². The Kier molecular flexibility index (Phi) is 3.89. The van der Waals surface area contributed by atoms with Crippen LogP contribution in [-0.4, -0.2) is 17.1 Å². The van der Waals surface area contributed by atoms with Crippen LogP contribution in [0.5, 0.6) is 0 Å². The number of hydrazine groups is 1. The van der Waals surface area contributed by atoms with Crippen molar-refractivity contribution in [1.29, 1.82) is 0 Å². The van der Waals surface area contributed by atoms with Gasteiger partial charge in [-0.3, -0.25) is 0 Å². The van der Waals surface area contributed by atoms with Crippen molar-refractivity contribution in [3.05, 3.63) is 23.7 Å². The Labute approximate surface area is 104 Å². The average Bonchev–Trinajstić information content (AvgIpc) is 2.70. The minimum atomic E-state index is 0.242. The highest BCUT2D eigenvalue weighted by atomic mass is 16.3. The van der Waals surface area contributed by atoms with E-state index in [2.05, 4.69) is 37.3 Å². The first-order chi connectivity index (χ1) is 8.08. The second kappa shape index (κ2) is 5.23. The largest absolute Gasteiger partial charge is 0.465 e. The molecule has 0 aromatic carbocycles. The third-order valence-corrected chi connectivity index (χ3v) is 3.72. The van der Waals surface area contributed by atoms with E-state index in [0.29, 0.717) is 12.1 Å². The van der Waals surface area contributed by atoms with E-state index in [-0.39, 0.29) is 6.04 Å². The molecule has 0 saturated carbocycles. The summed E-state index contributed by atoms with van der Waals surface area (Å²) in [5.41, 5.74) is 3.59. The molecule has 2 rings (SSSR count). The van der Waals surface area contributed by atoms with E-state index in [4.69, 9.17) is 4.42 Å². The minimum absolute atomic E-state index is 0.242. The lowest BCUT2D eigenvalue weighted by Gasteiger charge is -2.40. The average molecular weight is 236 g/mol. The van der Waals surface area contributed by atoms with E-state index in [1.807, 2.05) is 13.0 Å². The van der Waals surface area contributed by atoms with E-state index in [0.717, 1.165) is 11.5 Å².